The molecule has 1 rings (SSSR count). The van der Waals surface area contributed by atoms with Crippen molar-refractivity contribution in [3.05, 3.63) is 12.2 Å². The van der Waals surface area contributed by atoms with E-state index in [4.69, 9.17) is 4.74 Å². The Hall–Kier alpha value is -0.740. The van der Waals surface area contributed by atoms with Crippen molar-refractivity contribution in [1.82, 2.24) is 0 Å². The van der Waals surface area contributed by atoms with Crippen LogP contribution in [0, 0.1) is 17.8 Å². The molecule has 3 atom stereocenters. The van der Waals surface area contributed by atoms with Crippen molar-refractivity contribution in [1.29, 1.82) is 0 Å². The van der Waals surface area contributed by atoms with Gasteiger partial charge in [-0.25, -0.2) is 0 Å². The standard InChI is InChI=1S/C11H16O/c1-4-6-10-8-7-9(3)11(5-2)12-10/h7-11H,5H2,1-3H3/t9-,10+,11+/m0/s1. The summed E-state index contributed by atoms with van der Waals surface area (Å²) >= 11 is 0. The van der Waals surface area contributed by atoms with E-state index < -0.39 is 0 Å². The third kappa shape index (κ3) is 2.12. The summed E-state index contributed by atoms with van der Waals surface area (Å²) in [6.45, 7) is 6.17. The lowest BCUT2D eigenvalue weighted by molar-refractivity contribution is 0.00588. The van der Waals surface area contributed by atoms with Crippen molar-refractivity contribution in [3.8, 4) is 11.8 Å². The summed E-state index contributed by atoms with van der Waals surface area (Å²) in [6, 6.07) is 0. The summed E-state index contributed by atoms with van der Waals surface area (Å²) in [4.78, 5) is 0. The average molecular weight is 164 g/mol. The zero-order chi connectivity index (χ0) is 8.97. The molecule has 0 aliphatic carbocycles. The molecule has 1 heteroatoms. The maximum Gasteiger partial charge on any atom is 0.136 e. The molecule has 0 spiro atoms. The predicted molar refractivity (Wildman–Crippen MR) is 50.7 cm³/mol. The zero-order valence-electron chi connectivity index (χ0n) is 8.00. The Labute approximate surface area is 74.8 Å². The topological polar surface area (TPSA) is 9.23 Å². The fraction of sp³-hybridized carbons (Fsp3) is 0.636. The van der Waals surface area contributed by atoms with Gasteiger partial charge in [0.15, 0.2) is 0 Å². The lowest BCUT2D eigenvalue weighted by Gasteiger charge is -2.27. The highest BCUT2D eigenvalue weighted by molar-refractivity contribution is 5.15. The molecule has 0 aromatic rings. The molecule has 1 aliphatic rings. The molecule has 0 bridgehead atoms. The Bertz CT molecular complexity index is 219. The number of ether oxygens (including phenoxy) is 1. The second kappa shape index (κ2) is 4.33. The molecule has 0 aromatic carbocycles. The molecule has 0 N–H and O–H groups in total. The first-order valence-electron chi connectivity index (χ1n) is 4.54. The first-order chi connectivity index (χ1) is 5.77. The highest BCUT2D eigenvalue weighted by Gasteiger charge is 2.20. The Morgan fingerprint density at radius 3 is 2.75 bits per heavy atom. The molecule has 0 aromatic heterocycles. The van der Waals surface area contributed by atoms with E-state index in [2.05, 4.69) is 31.8 Å². The van der Waals surface area contributed by atoms with Gasteiger partial charge < -0.3 is 4.74 Å². The van der Waals surface area contributed by atoms with E-state index in [0.717, 1.165) is 6.42 Å². The first kappa shape index (κ1) is 9.35. The third-order valence-corrected chi connectivity index (χ3v) is 2.19. The van der Waals surface area contributed by atoms with Gasteiger partial charge in [-0.3, -0.25) is 0 Å². The van der Waals surface area contributed by atoms with Crippen LogP contribution in [-0.4, -0.2) is 12.2 Å². The summed E-state index contributed by atoms with van der Waals surface area (Å²) in [5, 5.41) is 0. The molecule has 1 heterocycles. The van der Waals surface area contributed by atoms with Crippen molar-refractivity contribution in [2.24, 2.45) is 5.92 Å². The summed E-state index contributed by atoms with van der Waals surface area (Å²) in [6.07, 6.45) is 5.69. The Morgan fingerprint density at radius 1 is 1.42 bits per heavy atom. The predicted octanol–water partition coefficient (Wildman–Crippen LogP) is 2.38. The van der Waals surface area contributed by atoms with E-state index in [0.29, 0.717) is 12.0 Å². The monoisotopic (exact) mass is 164 g/mol. The SMILES string of the molecule is CC#C[C@@H]1C=C[C@H](C)[C@@H](CC)O1. The van der Waals surface area contributed by atoms with E-state index in [1.807, 2.05) is 13.0 Å². The van der Waals surface area contributed by atoms with Crippen LogP contribution in [0.1, 0.15) is 27.2 Å². The largest absolute Gasteiger partial charge is 0.358 e. The van der Waals surface area contributed by atoms with E-state index in [-0.39, 0.29) is 6.10 Å². The maximum atomic E-state index is 5.73. The molecule has 0 saturated heterocycles. The van der Waals surface area contributed by atoms with Crippen molar-refractivity contribution in [2.75, 3.05) is 0 Å². The van der Waals surface area contributed by atoms with Crippen molar-refractivity contribution < 1.29 is 4.74 Å². The summed E-state index contributed by atoms with van der Waals surface area (Å²) < 4.78 is 5.73. The summed E-state index contributed by atoms with van der Waals surface area (Å²) in [7, 11) is 0. The van der Waals surface area contributed by atoms with E-state index >= 15 is 0 Å². The van der Waals surface area contributed by atoms with Gasteiger partial charge in [-0.15, -0.1) is 5.92 Å². The number of hydrogen-bond acceptors (Lipinski definition) is 1. The van der Waals surface area contributed by atoms with E-state index in [1.54, 1.807) is 0 Å². The minimum atomic E-state index is 0.0242. The van der Waals surface area contributed by atoms with Crippen LogP contribution in [0.4, 0.5) is 0 Å². The lowest BCUT2D eigenvalue weighted by atomic mass is 9.98. The molecule has 1 nitrogen and oxygen atoms in total. The van der Waals surface area contributed by atoms with Crippen molar-refractivity contribution in [3.63, 3.8) is 0 Å². The zero-order valence-corrected chi connectivity index (χ0v) is 8.00. The molecular formula is C11H16O. The van der Waals surface area contributed by atoms with Crippen molar-refractivity contribution >= 4 is 0 Å². The third-order valence-electron chi connectivity index (χ3n) is 2.19. The second-order valence-electron chi connectivity index (χ2n) is 3.14. The van der Waals surface area contributed by atoms with Gasteiger partial charge in [0.25, 0.3) is 0 Å². The van der Waals surface area contributed by atoms with Gasteiger partial charge in [-0.1, -0.05) is 25.8 Å². The van der Waals surface area contributed by atoms with Gasteiger partial charge in [-0.05, 0) is 19.4 Å². The molecule has 0 radical (unpaired) electrons. The van der Waals surface area contributed by atoms with Crippen molar-refractivity contribution in [2.45, 2.75) is 39.4 Å². The van der Waals surface area contributed by atoms with Crippen LogP contribution in [0.2, 0.25) is 0 Å². The summed E-state index contributed by atoms with van der Waals surface area (Å²) in [5.74, 6) is 6.41. The Kier molecular flexibility index (Phi) is 3.37. The van der Waals surface area contributed by atoms with Crippen LogP contribution in [-0.2, 0) is 4.74 Å². The minimum Gasteiger partial charge on any atom is -0.358 e. The molecule has 66 valence electrons. The van der Waals surface area contributed by atoms with E-state index in [9.17, 15) is 0 Å². The molecular weight excluding hydrogens is 148 g/mol. The highest BCUT2D eigenvalue weighted by atomic mass is 16.5. The number of hydrogen-bond donors (Lipinski definition) is 0. The fourth-order valence-electron chi connectivity index (χ4n) is 1.45. The smallest absolute Gasteiger partial charge is 0.136 e. The highest BCUT2D eigenvalue weighted by Crippen LogP contribution is 2.20. The maximum absolute atomic E-state index is 5.73. The minimum absolute atomic E-state index is 0.0242. The average Bonchev–Trinajstić information content (AvgIpc) is 2.09. The van der Waals surface area contributed by atoms with Crippen LogP contribution in [0.15, 0.2) is 12.2 Å². The lowest BCUT2D eigenvalue weighted by Crippen LogP contribution is -2.28. The van der Waals surface area contributed by atoms with Gasteiger partial charge in [0.2, 0.25) is 0 Å². The van der Waals surface area contributed by atoms with E-state index in [1.165, 1.54) is 0 Å². The summed E-state index contributed by atoms with van der Waals surface area (Å²) in [5.41, 5.74) is 0. The second-order valence-corrected chi connectivity index (χ2v) is 3.14. The van der Waals surface area contributed by atoms with Crippen LogP contribution < -0.4 is 0 Å². The first-order valence-corrected chi connectivity index (χ1v) is 4.54. The van der Waals surface area contributed by atoms with Gasteiger partial charge in [0, 0.05) is 5.92 Å². The molecule has 0 unspecified atom stereocenters. The Morgan fingerprint density at radius 2 is 2.17 bits per heavy atom. The van der Waals surface area contributed by atoms with Gasteiger partial charge in [-0.2, -0.15) is 0 Å². The number of rotatable bonds is 1. The normalized spacial score (nSPS) is 34.1. The molecule has 0 amide bonds. The van der Waals surface area contributed by atoms with Gasteiger partial charge >= 0.3 is 0 Å². The molecule has 0 saturated carbocycles. The van der Waals surface area contributed by atoms with Gasteiger partial charge in [0.05, 0.1) is 6.10 Å². The van der Waals surface area contributed by atoms with Crippen LogP contribution >= 0.6 is 0 Å². The van der Waals surface area contributed by atoms with Crippen LogP contribution in [0.5, 0.6) is 0 Å². The van der Waals surface area contributed by atoms with Crippen LogP contribution in [0.3, 0.4) is 0 Å². The molecule has 12 heavy (non-hydrogen) atoms. The Balaban J connectivity index is 2.62. The molecule has 1 aliphatic heterocycles. The quantitative estimate of drug-likeness (QED) is 0.427. The fourth-order valence-corrected chi connectivity index (χ4v) is 1.45. The van der Waals surface area contributed by atoms with Gasteiger partial charge in [0.1, 0.15) is 6.10 Å². The van der Waals surface area contributed by atoms with Crippen LogP contribution in [0.25, 0.3) is 0 Å². The molecule has 0 fully saturated rings.